The molecule has 0 aromatic heterocycles. The van der Waals surface area contributed by atoms with E-state index in [2.05, 4.69) is 15.9 Å². The molecule has 0 aliphatic heterocycles. The van der Waals surface area contributed by atoms with Crippen molar-refractivity contribution in [2.24, 2.45) is 5.73 Å². The molecular weight excluding hydrogens is 320 g/mol. The van der Waals surface area contributed by atoms with Crippen LogP contribution in [0.1, 0.15) is 16.8 Å². The molecule has 8 heteroatoms. The highest BCUT2D eigenvalue weighted by atomic mass is 79.9. The molecular formula is C11H11BrN2O5. The molecule has 0 radical (unpaired) electrons. The van der Waals surface area contributed by atoms with Gasteiger partial charge in [-0.15, -0.1) is 0 Å². The number of benzene rings is 1. The number of ether oxygens (including phenoxy) is 1. The molecule has 3 amide bonds. The molecule has 0 bridgehead atoms. The number of urea groups is 1. The SMILES string of the molecule is NC(=O)NC(=O)CCOc1cc(Br)ccc1C(=O)O. The van der Waals surface area contributed by atoms with E-state index in [4.69, 9.17) is 15.6 Å². The first kappa shape index (κ1) is 15.0. The van der Waals surface area contributed by atoms with Crippen molar-refractivity contribution < 1.29 is 24.2 Å². The third-order valence-corrected chi connectivity index (χ3v) is 2.52. The van der Waals surface area contributed by atoms with Gasteiger partial charge in [-0.1, -0.05) is 15.9 Å². The fourth-order valence-electron chi connectivity index (χ4n) is 1.25. The molecule has 0 saturated carbocycles. The van der Waals surface area contributed by atoms with Crippen LogP contribution in [0.4, 0.5) is 4.79 Å². The summed E-state index contributed by atoms with van der Waals surface area (Å²) in [6, 6.07) is 3.48. The van der Waals surface area contributed by atoms with E-state index in [1.807, 2.05) is 5.32 Å². The van der Waals surface area contributed by atoms with E-state index in [9.17, 15) is 14.4 Å². The molecule has 0 spiro atoms. The predicted octanol–water partition coefficient (Wildman–Crippen LogP) is 1.11. The molecule has 1 rings (SSSR count). The molecule has 7 nitrogen and oxygen atoms in total. The highest BCUT2D eigenvalue weighted by molar-refractivity contribution is 9.10. The molecule has 0 aliphatic rings. The fourth-order valence-corrected chi connectivity index (χ4v) is 1.59. The normalized spacial score (nSPS) is 9.74. The number of halogens is 1. The van der Waals surface area contributed by atoms with Gasteiger partial charge in [0.2, 0.25) is 5.91 Å². The summed E-state index contributed by atoms with van der Waals surface area (Å²) in [7, 11) is 0. The molecule has 0 atom stereocenters. The number of carbonyl (C=O) groups is 3. The standard InChI is InChI=1S/C11H11BrN2O5/c12-6-1-2-7(10(16)17)8(5-6)19-4-3-9(15)14-11(13)18/h1-2,5H,3-4H2,(H,16,17)(H3,13,14,15,18). The number of rotatable bonds is 5. The Morgan fingerprint density at radius 1 is 1.37 bits per heavy atom. The summed E-state index contributed by atoms with van der Waals surface area (Å²) < 4.78 is 5.86. The Morgan fingerprint density at radius 3 is 2.63 bits per heavy atom. The predicted molar refractivity (Wildman–Crippen MR) is 68.9 cm³/mol. The van der Waals surface area contributed by atoms with E-state index in [-0.39, 0.29) is 24.3 Å². The third-order valence-electron chi connectivity index (χ3n) is 2.02. The number of amides is 3. The van der Waals surface area contributed by atoms with Gasteiger partial charge in [0.15, 0.2) is 0 Å². The Balaban J connectivity index is 2.62. The third kappa shape index (κ3) is 4.96. The van der Waals surface area contributed by atoms with E-state index in [1.54, 1.807) is 6.07 Å². The number of aromatic carboxylic acids is 1. The molecule has 0 unspecified atom stereocenters. The molecule has 0 aliphatic carbocycles. The van der Waals surface area contributed by atoms with Gasteiger partial charge in [0.25, 0.3) is 0 Å². The van der Waals surface area contributed by atoms with Crippen LogP contribution in [0, 0.1) is 0 Å². The van der Waals surface area contributed by atoms with Crippen LogP contribution in [0.25, 0.3) is 0 Å². The van der Waals surface area contributed by atoms with Crippen molar-refractivity contribution in [2.75, 3.05) is 6.61 Å². The van der Waals surface area contributed by atoms with Gasteiger partial charge in [0, 0.05) is 4.47 Å². The second-order valence-electron chi connectivity index (χ2n) is 3.46. The highest BCUT2D eigenvalue weighted by Crippen LogP contribution is 2.23. The number of hydrogen-bond donors (Lipinski definition) is 3. The van der Waals surface area contributed by atoms with Gasteiger partial charge >= 0.3 is 12.0 Å². The lowest BCUT2D eigenvalue weighted by atomic mass is 10.2. The second kappa shape index (κ2) is 6.74. The molecule has 19 heavy (non-hydrogen) atoms. The van der Waals surface area contributed by atoms with Gasteiger partial charge in [-0.05, 0) is 18.2 Å². The molecule has 0 saturated heterocycles. The van der Waals surface area contributed by atoms with Crippen LogP contribution in [-0.2, 0) is 4.79 Å². The molecule has 0 heterocycles. The Labute approximate surface area is 116 Å². The van der Waals surface area contributed by atoms with Crippen LogP contribution < -0.4 is 15.8 Å². The Kier molecular flexibility index (Phi) is 5.31. The van der Waals surface area contributed by atoms with Crippen molar-refractivity contribution in [3.63, 3.8) is 0 Å². The van der Waals surface area contributed by atoms with Gasteiger partial charge in [-0.2, -0.15) is 0 Å². The number of carbonyl (C=O) groups excluding carboxylic acids is 2. The van der Waals surface area contributed by atoms with Gasteiger partial charge in [0.05, 0.1) is 13.0 Å². The minimum absolute atomic E-state index is 0.0153. The summed E-state index contributed by atoms with van der Waals surface area (Å²) in [4.78, 5) is 32.4. The summed E-state index contributed by atoms with van der Waals surface area (Å²) in [5.74, 6) is -1.60. The van der Waals surface area contributed by atoms with Crippen molar-refractivity contribution in [3.05, 3.63) is 28.2 Å². The van der Waals surface area contributed by atoms with E-state index in [0.29, 0.717) is 4.47 Å². The molecule has 0 fully saturated rings. The lowest BCUT2D eigenvalue weighted by Crippen LogP contribution is -2.35. The highest BCUT2D eigenvalue weighted by Gasteiger charge is 2.12. The summed E-state index contributed by atoms with van der Waals surface area (Å²) in [5.41, 5.74) is 4.75. The molecule has 102 valence electrons. The molecule has 4 N–H and O–H groups in total. The monoisotopic (exact) mass is 330 g/mol. The number of nitrogens with two attached hydrogens (primary N) is 1. The van der Waals surface area contributed by atoms with Crippen LogP contribution in [0.5, 0.6) is 5.75 Å². The van der Waals surface area contributed by atoms with E-state index in [0.717, 1.165) is 0 Å². The van der Waals surface area contributed by atoms with Crippen LogP contribution in [-0.4, -0.2) is 29.6 Å². The van der Waals surface area contributed by atoms with Crippen molar-refractivity contribution >= 4 is 33.8 Å². The minimum Gasteiger partial charge on any atom is -0.492 e. The number of carboxylic acids is 1. The number of nitrogens with one attached hydrogen (secondary N) is 1. The topological polar surface area (TPSA) is 119 Å². The maximum Gasteiger partial charge on any atom is 0.339 e. The van der Waals surface area contributed by atoms with Crippen LogP contribution >= 0.6 is 15.9 Å². The smallest absolute Gasteiger partial charge is 0.339 e. The largest absolute Gasteiger partial charge is 0.492 e. The lowest BCUT2D eigenvalue weighted by molar-refractivity contribution is -0.120. The zero-order valence-corrected chi connectivity index (χ0v) is 11.3. The van der Waals surface area contributed by atoms with Gasteiger partial charge in [0.1, 0.15) is 11.3 Å². The first-order chi connectivity index (χ1) is 8.90. The van der Waals surface area contributed by atoms with E-state index in [1.165, 1.54) is 12.1 Å². The summed E-state index contributed by atoms with van der Waals surface area (Å²) in [5, 5.41) is 10.8. The number of primary amides is 1. The van der Waals surface area contributed by atoms with Crippen molar-refractivity contribution in [1.82, 2.24) is 5.32 Å². The maximum atomic E-state index is 11.1. The fraction of sp³-hybridized carbons (Fsp3) is 0.182. The average molecular weight is 331 g/mol. The second-order valence-corrected chi connectivity index (χ2v) is 4.37. The number of carboxylic acid groups (broad SMARTS) is 1. The summed E-state index contributed by atoms with van der Waals surface area (Å²) in [6.07, 6.45) is -0.117. The van der Waals surface area contributed by atoms with Gasteiger partial charge in [-0.3, -0.25) is 10.1 Å². The van der Waals surface area contributed by atoms with Crippen LogP contribution in [0.2, 0.25) is 0 Å². The van der Waals surface area contributed by atoms with Crippen LogP contribution in [0.15, 0.2) is 22.7 Å². The maximum absolute atomic E-state index is 11.1. The minimum atomic E-state index is -1.14. The van der Waals surface area contributed by atoms with Crippen molar-refractivity contribution in [2.45, 2.75) is 6.42 Å². The molecule has 1 aromatic carbocycles. The lowest BCUT2D eigenvalue weighted by Gasteiger charge is -2.09. The van der Waals surface area contributed by atoms with Crippen molar-refractivity contribution in [1.29, 1.82) is 0 Å². The Morgan fingerprint density at radius 2 is 2.05 bits per heavy atom. The first-order valence-corrected chi connectivity index (χ1v) is 5.94. The van der Waals surface area contributed by atoms with Crippen LogP contribution in [0.3, 0.4) is 0 Å². The van der Waals surface area contributed by atoms with Gasteiger partial charge < -0.3 is 15.6 Å². The summed E-state index contributed by atoms with van der Waals surface area (Å²) in [6.45, 7) is -0.0736. The first-order valence-electron chi connectivity index (χ1n) is 5.15. The van der Waals surface area contributed by atoms with E-state index >= 15 is 0 Å². The Hall–Kier alpha value is -2.09. The van der Waals surface area contributed by atoms with Gasteiger partial charge in [-0.25, -0.2) is 9.59 Å². The average Bonchev–Trinajstić information content (AvgIpc) is 2.27. The zero-order valence-electron chi connectivity index (χ0n) is 9.68. The summed E-state index contributed by atoms with van der Waals surface area (Å²) >= 11 is 3.19. The Bertz CT molecular complexity index is 518. The molecule has 1 aromatic rings. The zero-order chi connectivity index (χ0) is 14.4. The van der Waals surface area contributed by atoms with Crippen molar-refractivity contribution in [3.8, 4) is 5.75 Å². The van der Waals surface area contributed by atoms with E-state index < -0.39 is 17.9 Å². The number of hydrogen-bond acceptors (Lipinski definition) is 4. The quantitative estimate of drug-likeness (QED) is 0.747. The number of imide groups is 1.